The van der Waals surface area contributed by atoms with Crippen molar-refractivity contribution in [3.63, 3.8) is 0 Å². The molecule has 0 fully saturated rings. The summed E-state index contributed by atoms with van der Waals surface area (Å²) in [7, 11) is 0. The molecular formula is C26H25FN2O2. The third-order valence-corrected chi connectivity index (χ3v) is 6.12. The van der Waals surface area contributed by atoms with Crippen molar-refractivity contribution in [3.05, 3.63) is 95.3 Å². The fraction of sp³-hybridized carbons (Fsp3) is 0.269. The van der Waals surface area contributed by atoms with Gasteiger partial charge in [0, 0.05) is 29.8 Å². The number of allylic oxidation sites excluding steroid dienone is 1. The number of carbonyl (C=O) groups excluding carboxylic acids is 1. The molecule has 4 nitrogen and oxygen atoms in total. The lowest BCUT2D eigenvalue weighted by Gasteiger charge is -2.37. The average molecular weight is 416 g/mol. The van der Waals surface area contributed by atoms with Gasteiger partial charge in [0.05, 0.1) is 17.6 Å². The van der Waals surface area contributed by atoms with Crippen molar-refractivity contribution >= 4 is 17.2 Å². The SMILES string of the molecule is CC1(C)CC(=O)C2=C(C1)Nc1ccccc1N(Cc1ccccc1F)[C@H]2c1ccco1. The first kappa shape index (κ1) is 19.6. The van der Waals surface area contributed by atoms with E-state index in [1.54, 1.807) is 18.4 Å². The van der Waals surface area contributed by atoms with E-state index in [-0.39, 0.29) is 17.0 Å². The fourth-order valence-corrected chi connectivity index (χ4v) is 4.78. The summed E-state index contributed by atoms with van der Waals surface area (Å²) in [6, 6.07) is 18.0. The van der Waals surface area contributed by atoms with Crippen LogP contribution in [0.4, 0.5) is 15.8 Å². The molecule has 0 saturated carbocycles. The molecular weight excluding hydrogens is 391 g/mol. The van der Waals surface area contributed by atoms with Crippen LogP contribution < -0.4 is 10.2 Å². The van der Waals surface area contributed by atoms with Gasteiger partial charge < -0.3 is 14.6 Å². The van der Waals surface area contributed by atoms with Gasteiger partial charge in [-0.3, -0.25) is 4.79 Å². The highest BCUT2D eigenvalue weighted by Crippen LogP contribution is 2.48. The number of benzene rings is 2. The van der Waals surface area contributed by atoms with E-state index in [1.807, 2.05) is 42.5 Å². The van der Waals surface area contributed by atoms with E-state index in [4.69, 9.17) is 4.42 Å². The summed E-state index contributed by atoms with van der Waals surface area (Å²) in [6.07, 6.45) is 2.85. The van der Waals surface area contributed by atoms with Crippen molar-refractivity contribution in [1.29, 1.82) is 0 Å². The van der Waals surface area contributed by atoms with Crippen LogP contribution in [-0.2, 0) is 11.3 Å². The van der Waals surface area contributed by atoms with Gasteiger partial charge in [-0.15, -0.1) is 0 Å². The molecule has 2 aromatic carbocycles. The highest BCUT2D eigenvalue weighted by Gasteiger charge is 2.42. The first-order valence-corrected chi connectivity index (χ1v) is 10.6. The topological polar surface area (TPSA) is 45.5 Å². The number of carbonyl (C=O) groups is 1. The smallest absolute Gasteiger partial charge is 0.163 e. The molecule has 1 aliphatic heterocycles. The zero-order valence-electron chi connectivity index (χ0n) is 17.7. The highest BCUT2D eigenvalue weighted by atomic mass is 19.1. The maximum atomic E-state index is 14.7. The van der Waals surface area contributed by atoms with Crippen molar-refractivity contribution in [1.82, 2.24) is 0 Å². The van der Waals surface area contributed by atoms with Gasteiger partial charge in [0.1, 0.15) is 17.6 Å². The van der Waals surface area contributed by atoms with Crippen LogP contribution in [0.3, 0.4) is 0 Å². The Balaban J connectivity index is 1.73. The average Bonchev–Trinajstić information content (AvgIpc) is 3.21. The zero-order valence-corrected chi connectivity index (χ0v) is 17.7. The van der Waals surface area contributed by atoms with Crippen molar-refractivity contribution in [3.8, 4) is 0 Å². The van der Waals surface area contributed by atoms with Crippen LogP contribution >= 0.6 is 0 Å². The Labute approximate surface area is 181 Å². The van der Waals surface area contributed by atoms with Gasteiger partial charge in [0.2, 0.25) is 0 Å². The Morgan fingerprint density at radius 2 is 1.84 bits per heavy atom. The number of nitrogens with zero attached hydrogens (tertiary/aromatic N) is 1. The first-order chi connectivity index (χ1) is 14.9. The van der Waals surface area contributed by atoms with Crippen LogP contribution in [0.1, 0.15) is 44.1 Å². The van der Waals surface area contributed by atoms with E-state index in [1.165, 1.54) is 6.07 Å². The van der Waals surface area contributed by atoms with E-state index in [2.05, 4.69) is 24.1 Å². The Bertz CT molecular complexity index is 1160. The molecule has 0 bridgehead atoms. The van der Waals surface area contributed by atoms with E-state index < -0.39 is 6.04 Å². The Morgan fingerprint density at radius 1 is 1.06 bits per heavy atom. The number of halogens is 1. The molecule has 1 N–H and O–H groups in total. The van der Waals surface area contributed by atoms with Crippen LogP contribution in [0.5, 0.6) is 0 Å². The molecule has 0 amide bonds. The second-order valence-corrected chi connectivity index (χ2v) is 9.11. The number of rotatable bonds is 3. The molecule has 0 unspecified atom stereocenters. The number of para-hydroxylation sites is 2. The maximum Gasteiger partial charge on any atom is 0.163 e. The number of Topliss-reactive ketones (excluding diaryl/α,β-unsaturated/α-hetero) is 1. The summed E-state index contributed by atoms with van der Waals surface area (Å²) in [6.45, 7) is 4.54. The van der Waals surface area contributed by atoms with Crippen LogP contribution in [0, 0.1) is 11.2 Å². The predicted molar refractivity (Wildman–Crippen MR) is 119 cm³/mol. The van der Waals surface area contributed by atoms with E-state index in [0.29, 0.717) is 29.9 Å². The van der Waals surface area contributed by atoms with Gasteiger partial charge in [0.15, 0.2) is 5.78 Å². The monoisotopic (exact) mass is 416 g/mol. The lowest BCUT2D eigenvalue weighted by atomic mass is 9.74. The molecule has 2 heterocycles. The molecule has 1 aromatic heterocycles. The third kappa shape index (κ3) is 3.54. The quantitative estimate of drug-likeness (QED) is 0.549. The Morgan fingerprint density at radius 3 is 2.61 bits per heavy atom. The predicted octanol–water partition coefficient (Wildman–Crippen LogP) is 6.24. The van der Waals surface area contributed by atoms with E-state index >= 15 is 0 Å². The third-order valence-electron chi connectivity index (χ3n) is 6.12. The lowest BCUT2D eigenvalue weighted by Crippen LogP contribution is -2.36. The molecule has 1 atom stereocenters. The number of anilines is 2. The van der Waals surface area contributed by atoms with E-state index in [0.717, 1.165) is 23.5 Å². The zero-order chi connectivity index (χ0) is 21.6. The Hall–Kier alpha value is -3.34. The van der Waals surface area contributed by atoms with Gasteiger partial charge in [-0.05, 0) is 42.2 Å². The first-order valence-electron chi connectivity index (χ1n) is 10.6. The molecule has 158 valence electrons. The molecule has 0 spiro atoms. The van der Waals surface area contributed by atoms with Gasteiger partial charge in [0.25, 0.3) is 0 Å². The number of fused-ring (bicyclic) bond motifs is 1. The second-order valence-electron chi connectivity index (χ2n) is 9.11. The molecule has 1 aliphatic carbocycles. The summed E-state index contributed by atoms with van der Waals surface area (Å²) in [5.74, 6) is 0.516. The minimum absolute atomic E-state index is 0.103. The van der Waals surface area contributed by atoms with Gasteiger partial charge in [-0.25, -0.2) is 4.39 Å². The minimum atomic E-state index is -0.440. The molecule has 0 radical (unpaired) electrons. The van der Waals surface area contributed by atoms with Gasteiger partial charge in [-0.2, -0.15) is 0 Å². The molecule has 5 heteroatoms. The van der Waals surface area contributed by atoms with Gasteiger partial charge >= 0.3 is 0 Å². The molecule has 3 aromatic rings. The highest BCUT2D eigenvalue weighted by molar-refractivity contribution is 6.01. The van der Waals surface area contributed by atoms with Crippen molar-refractivity contribution in [2.75, 3.05) is 10.2 Å². The van der Waals surface area contributed by atoms with Gasteiger partial charge in [-0.1, -0.05) is 44.2 Å². The largest absolute Gasteiger partial charge is 0.467 e. The Kier molecular flexibility index (Phi) is 4.69. The standard InChI is InChI=1S/C26H25FN2O2/c1-26(2)14-20-24(22(30)15-26)25(23-12-7-13-31-23)29(16-17-8-3-4-9-18(17)27)21-11-6-5-10-19(21)28-20/h3-13,25,28H,14-16H2,1-2H3/t25-/m0/s1. The molecule has 0 saturated heterocycles. The molecule has 2 aliphatic rings. The molecule has 5 rings (SSSR count). The van der Waals surface area contributed by atoms with Crippen LogP contribution in [0.2, 0.25) is 0 Å². The maximum absolute atomic E-state index is 14.7. The van der Waals surface area contributed by atoms with Crippen LogP contribution in [0.15, 0.2) is 82.6 Å². The summed E-state index contributed by atoms with van der Waals surface area (Å²) in [5, 5.41) is 3.55. The summed E-state index contributed by atoms with van der Waals surface area (Å²) >= 11 is 0. The summed E-state index contributed by atoms with van der Waals surface area (Å²) in [5.41, 5.74) is 3.89. The number of hydrogen-bond donors (Lipinski definition) is 1. The number of nitrogens with one attached hydrogen (secondary N) is 1. The fourth-order valence-electron chi connectivity index (χ4n) is 4.78. The van der Waals surface area contributed by atoms with Crippen molar-refractivity contribution in [2.45, 2.75) is 39.3 Å². The summed E-state index contributed by atoms with van der Waals surface area (Å²) in [4.78, 5) is 15.6. The van der Waals surface area contributed by atoms with Crippen LogP contribution in [-0.4, -0.2) is 5.78 Å². The molecule has 31 heavy (non-hydrogen) atoms. The normalized spacial score (nSPS) is 20.0. The number of ketones is 1. The lowest BCUT2D eigenvalue weighted by molar-refractivity contribution is -0.118. The van der Waals surface area contributed by atoms with E-state index in [9.17, 15) is 9.18 Å². The van der Waals surface area contributed by atoms with Crippen LogP contribution in [0.25, 0.3) is 0 Å². The van der Waals surface area contributed by atoms with Crippen molar-refractivity contribution in [2.24, 2.45) is 5.41 Å². The number of furan rings is 1. The second kappa shape index (κ2) is 7.41. The minimum Gasteiger partial charge on any atom is -0.467 e. The number of hydrogen-bond acceptors (Lipinski definition) is 4. The van der Waals surface area contributed by atoms with Crippen molar-refractivity contribution < 1.29 is 13.6 Å². The summed E-state index contributed by atoms with van der Waals surface area (Å²) < 4.78 is 20.5.